The van der Waals surface area contributed by atoms with E-state index in [0.717, 1.165) is 6.54 Å². The monoisotopic (exact) mass is 243 g/mol. The number of methoxy groups -OCH3 is 1. The highest BCUT2D eigenvalue weighted by molar-refractivity contribution is 5.55. The number of ether oxygens (including phenoxy) is 1. The molecule has 1 heterocycles. The molecule has 18 heavy (non-hydrogen) atoms. The second-order valence-corrected chi connectivity index (χ2v) is 5.37. The molecular formula is C16H21NO. The number of nitrogens with zero attached hydrogens (tertiary/aromatic N) is 1. The molecule has 3 rings (SSSR count). The molecule has 1 saturated carbocycles. The maximum atomic E-state index is 5.53. The van der Waals surface area contributed by atoms with Crippen LogP contribution >= 0.6 is 0 Å². The molecule has 0 saturated heterocycles. The van der Waals surface area contributed by atoms with E-state index in [2.05, 4.69) is 41.4 Å². The zero-order valence-electron chi connectivity index (χ0n) is 11.0. The van der Waals surface area contributed by atoms with Crippen molar-refractivity contribution in [2.75, 3.05) is 7.11 Å². The fraction of sp³-hybridized carbons (Fsp3) is 0.500. The van der Waals surface area contributed by atoms with Crippen LogP contribution in [-0.4, -0.2) is 24.2 Å². The maximum absolute atomic E-state index is 5.53. The second kappa shape index (κ2) is 5.15. The van der Waals surface area contributed by atoms with Gasteiger partial charge < -0.3 is 9.64 Å². The molecule has 1 aromatic rings. The minimum atomic E-state index is 0.453. The first-order valence-electron chi connectivity index (χ1n) is 6.91. The summed E-state index contributed by atoms with van der Waals surface area (Å²) < 4.78 is 5.53. The fourth-order valence-corrected chi connectivity index (χ4v) is 3.15. The van der Waals surface area contributed by atoms with Gasteiger partial charge in [-0.2, -0.15) is 0 Å². The van der Waals surface area contributed by atoms with Gasteiger partial charge in [0.1, 0.15) is 0 Å². The Kier molecular flexibility index (Phi) is 3.37. The highest BCUT2D eigenvalue weighted by Crippen LogP contribution is 2.29. The maximum Gasteiger partial charge on any atom is 0.0591 e. The van der Waals surface area contributed by atoms with Crippen LogP contribution in [0.15, 0.2) is 30.5 Å². The molecule has 2 heteroatoms. The van der Waals surface area contributed by atoms with Gasteiger partial charge in [-0.15, -0.1) is 0 Å². The lowest BCUT2D eigenvalue weighted by atomic mass is 9.90. The molecule has 2 nitrogen and oxygen atoms in total. The Bertz CT molecular complexity index is 440. The van der Waals surface area contributed by atoms with Crippen LogP contribution in [0.1, 0.15) is 36.8 Å². The SMILES string of the molecule is CO[C@@H]1CCC[C@H](N2C=Cc3ccccc3C2)C1. The van der Waals surface area contributed by atoms with Crippen molar-refractivity contribution in [3.05, 3.63) is 41.6 Å². The molecule has 0 aromatic heterocycles. The van der Waals surface area contributed by atoms with Gasteiger partial charge in [0.2, 0.25) is 0 Å². The van der Waals surface area contributed by atoms with Crippen LogP contribution in [0.4, 0.5) is 0 Å². The summed E-state index contributed by atoms with van der Waals surface area (Å²) in [5.74, 6) is 0. The van der Waals surface area contributed by atoms with Crippen LogP contribution in [-0.2, 0) is 11.3 Å². The van der Waals surface area contributed by atoms with Crippen LogP contribution in [0.25, 0.3) is 6.08 Å². The van der Waals surface area contributed by atoms with Crippen molar-refractivity contribution in [3.8, 4) is 0 Å². The molecule has 2 aliphatic rings. The average Bonchev–Trinajstić information content (AvgIpc) is 2.47. The molecule has 96 valence electrons. The van der Waals surface area contributed by atoms with Gasteiger partial charge in [0.15, 0.2) is 0 Å². The zero-order valence-corrected chi connectivity index (χ0v) is 11.0. The first-order valence-corrected chi connectivity index (χ1v) is 6.91. The summed E-state index contributed by atoms with van der Waals surface area (Å²) in [6.07, 6.45) is 9.95. The van der Waals surface area contributed by atoms with Crippen LogP contribution in [0.2, 0.25) is 0 Å². The van der Waals surface area contributed by atoms with Crippen molar-refractivity contribution in [3.63, 3.8) is 0 Å². The van der Waals surface area contributed by atoms with Gasteiger partial charge in [-0.1, -0.05) is 24.3 Å². The Balaban J connectivity index is 1.72. The third-order valence-electron chi connectivity index (χ3n) is 4.25. The molecular weight excluding hydrogens is 222 g/mol. The van der Waals surface area contributed by atoms with Crippen molar-refractivity contribution < 1.29 is 4.74 Å². The zero-order chi connectivity index (χ0) is 12.4. The summed E-state index contributed by atoms with van der Waals surface area (Å²) in [6, 6.07) is 9.33. The van der Waals surface area contributed by atoms with Crippen LogP contribution in [0, 0.1) is 0 Å². The van der Waals surface area contributed by atoms with Gasteiger partial charge in [-0.25, -0.2) is 0 Å². The third-order valence-corrected chi connectivity index (χ3v) is 4.25. The van der Waals surface area contributed by atoms with Gasteiger partial charge >= 0.3 is 0 Å². The molecule has 1 aliphatic heterocycles. The third kappa shape index (κ3) is 2.30. The number of benzene rings is 1. The Hall–Kier alpha value is -1.28. The van der Waals surface area contributed by atoms with E-state index in [9.17, 15) is 0 Å². The first kappa shape index (κ1) is 11.8. The van der Waals surface area contributed by atoms with E-state index in [1.165, 1.54) is 36.8 Å². The number of hydrogen-bond donors (Lipinski definition) is 0. The number of rotatable bonds is 2. The minimum Gasteiger partial charge on any atom is -0.381 e. The first-order chi connectivity index (χ1) is 8.86. The normalized spacial score (nSPS) is 27.1. The lowest BCUT2D eigenvalue weighted by Crippen LogP contribution is -2.38. The second-order valence-electron chi connectivity index (χ2n) is 5.37. The van der Waals surface area contributed by atoms with Crippen LogP contribution in [0.3, 0.4) is 0 Å². The summed E-state index contributed by atoms with van der Waals surface area (Å²) in [4.78, 5) is 2.49. The molecule has 0 unspecified atom stereocenters. The summed E-state index contributed by atoms with van der Waals surface area (Å²) in [7, 11) is 1.84. The highest BCUT2D eigenvalue weighted by Gasteiger charge is 2.26. The summed E-state index contributed by atoms with van der Waals surface area (Å²) in [6.45, 7) is 1.05. The molecule has 1 aromatic carbocycles. The molecule has 0 spiro atoms. The topological polar surface area (TPSA) is 12.5 Å². The largest absolute Gasteiger partial charge is 0.381 e. The molecule has 0 radical (unpaired) electrons. The van der Waals surface area contributed by atoms with E-state index in [0.29, 0.717) is 12.1 Å². The van der Waals surface area contributed by atoms with Crippen molar-refractivity contribution in [1.82, 2.24) is 4.90 Å². The van der Waals surface area contributed by atoms with Gasteiger partial charge in [0, 0.05) is 25.9 Å². The summed E-state index contributed by atoms with van der Waals surface area (Å²) in [5.41, 5.74) is 2.81. The van der Waals surface area contributed by atoms with Crippen molar-refractivity contribution >= 4 is 6.08 Å². The molecule has 0 N–H and O–H groups in total. The molecule has 0 bridgehead atoms. The Morgan fingerprint density at radius 3 is 3.00 bits per heavy atom. The Morgan fingerprint density at radius 1 is 1.22 bits per heavy atom. The number of hydrogen-bond acceptors (Lipinski definition) is 2. The van der Waals surface area contributed by atoms with Crippen molar-refractivity contribution in [1.29, 1.82) is 0 Å². The van der Waals surface area contributed by atoms with E-state index in [1.54, 1.807) is 0 Å². The quantitative estimate of drug-likeness (QED) is 0.789. The standard InChI is InChI=1S/C16H21NO/c1-18-16-8-4-7-15(11-16)17-10-9-13-5-2-3-6-14(13)12-17/h2-3,5-6,9-10,15-16H,4,7-8,11-12H2,1H3/t15-,16+/m0/s1. The fourth-order valence-electron chi connectivity index (χ4n) is 3.15. The van der Waals surface area contributed by atoms with Gasteiger partial charge in [0.05, 0.1) is 6.10 Å². The minimum absolute atomic E-state index is 0.453. The van der Waals surface area contributed by atoms with E-state index >= 15 is 0 Å². The predicted molar refractivity (Wildman–Crippen MR) is 74.1 cm³/mol. The van der Waals surface area contributed by atoms with Gasteiger partial charge in [0.25, 0.3) is 0 Å². The predicted octanol–water partition coefficient (Wildman–Crippen LogP) is 3.43. The molecule has 1 aliphatic carbocycles. The van der Waals surface area contributed by atoms with E-state index in [1.807, 2.05) is 7.11 Å². The Labute approximate surface area is 109 Å². The van der Waals surface area contributed by atoms with E-state index < -0.39 is 0 Å². The van der Waals surface area contributed by atoms with Crippen molar-refractivity contribution in [2.24, 2.45) is 0 Å². The smallest absolute Gasteiger partial charge is 0.0591 e. The van der Waals surface area contributed by atoms with Crippen molar-refractivity contribution in [2.45, 2.75) is 44.4 Å². The highest BCUT2D eigenvalue weighted by atomic mass is 16.5. The van der Waals surface area contributed by atoms with E-state index in [-0.39, 0.29) is 0 Å². The number of fused-ring (bicyclic) bond motifs is 1. The summed E-state index contributed by atoms with van der Waals surface area (Å²) in [5, 5.41) is 0. The van der Waals surface area contributed by atoms with Crippen LogP contribution in [0.5, 0.6) is 0 Å². The molecule has 2 atom stereocenters. The lowest BCUT2D eigenvalue weighted by molar-refractivity contribution is 0.0377. The average molecular weight is 243 g/mol. The van der Waals surface area contributed by atoms with E-state index in [4.69, 9.17) is 4.74 Å². The summed E-state index contributed by atoms with van der Waals surface area (Å²) >= 11 is 0. The Morgan fingerprint density at radius 2 is 2.11 bits per heavy atom. The molecule has 0 amide bonds. The lowest BCUT2D eigenvalue weighted by Gasteiger charge is -2.38. The van der Waals surface area contributed by atoms with Gasteiger partial charge in [-0.05, 0) is 42.9 Å². The van der Waals surface area contributed by atoms with Crippen LogP contribution < -0.4 is 0 Å². The molecule has 1 fully saturated rings. The van der Waals surface area contributed by atoms with Gasteiger partial charge in [-0.3, -0.25) is 0 Å².